The van der Waals surface area contributed by atoms with Crippen LogP contribution in [0.3, 0.4) is 0 Å². The zero-order valence-electron chi connectivity index (χ0n) is 12.9. The summed E-state index contributed by atoms with van der Waals surface area (Å²) in [5.74, 6) is 0. The maximum Gasteiger partial charge on any atom is 0.446 e. The Labute approximate surface area is 162 Å². The second kappa shape index (κ2) is 8.53. The first-order chi connectivity index (χ1) is 12.4. The number of anilines is 2. The predicted octanol–water partition coefficient (Wildman–Crippen LogP) is 7.21. The largest absolute Gasteiger partial charge is 0.446 e. The normalized spacial score (nSPS) is 12.0. The predicted molar refractivity (Wildman–Crippen MR) is 94.4 cm³/mol. The fraction of sp³-hybridized carbons (Fsp3) is 0.133. The van der Waals surface area contributed by atoms with Crippen molar-refractivity contribution in [3.8, 4) is 0 Å². The summed E-state index contributed by atoms with van der Waals surface area (Å²) in [6.07, 6.45) is 0. The fourth-order valence-electron chi connectivity index (χ4n) is 1.82. The number of benzene rings is 2. The van der Waals surface area contributed by atoms with Gasteiger partial charge >= 0.3 is 17.0 Å². The molecule has 2 rings (SSSR count). The summed E-state index contributed by atoms with van der Waals surface area (Å²) < 4.78 is 73.8. The molecular weight excluding hydrogens is 438 g/mol. The molecule has 0 aliphatic carbocycles. The van der Waals surface area contributed by atoms with Gasteiger partial charge in [-0.2, -0.15) is 26.3 Å². The maximum atomic E-state index is 12.4. The Morgan fingerprint density at radius 1 is 0.815 bits per heavy atom. The van der Waals surface area contributed by atoms with Gasteiger partial charge in [0.25, 0.3) is 0 Å². The van der Waals surface area contributed by atoms with Gasteiger partial charge in [-0.3, -0.25) is 0 Å². The molecule has 2 aromatic rings. The quantitative estimate of drug-likeness (QED) is 0.385. The third-order valence-electron chi connectivity index (χ3n) is 2.76. The summed E-state index contributed by atoms with van der Waals surface area (Å²) >= 11 is 5.10. The van der Waals surface area contributed by atoms with Crippen molar-refractivity contribution in [2.24, 2.45) is 0 Å². The van der Waals surface area contributed by atoms with Crippen molar-refractivity contribution in [3.05, 3.63) is 47.5 Å². The van der Waals surface area contributed by atoms with Crippen LogP contribution in [0.4, 0.5) is 42.5 Å². The SMILES string of the molecule is O=C(Nc1ccc(SC(F)(F)F)cc1)Nc1ccc(SC(F)(F)F)c(Cl)c1. The van der Waals surface area contributed by atoms with E-state index in [1.807, 2.05) is 0 Å². The van der Waals surface area contributed by atoms with E-state index in [-0.39, 0.29) is 49.7 Å². The minimum Gasteiger partial charge on any atom is -0.308 e. The van der Waals surface area contributed by atoms with Crippen LogP contribution in [0.2, 0.25) is 5.02 Å². The molecule has 2 aromatic carbocycles. The molecule has 0 fully saturated rings. The smallest absolute Gasteiger partial charge is 0.308 e. The summed E-state index contributed by atoms with van der Waals surface area (Å²) in [7, 11) is 0. The van der Waals surface area contributed by atoms with E-state index in [0.29, 0.717) is 0 Å². The van der Waals surface area contributed by atoms with Crippen molar-refractivity contribution in [1.82, 2.24) is 0 Å². The van der Waals surface area contributed by atoms with Crippen molar-refractivity contribution < 1.29 is 31.1 Å². The number of halogens is 7. The maximum absolute atomic E-state index is 12.4. The highest BCUT2D eigenvalue weighted by Gasteiger charge is 2.30. The number of urea groups is 1. The molecule has 146 valence electrons. The molecule has 2 N–H and O–H groups in total. The van der Waals surface area contributed by atoms with Crippen LogP contribution < -0.4 is 10.6 Å². The third kappa shape index (κ3) is 7.81. The summed E-state index contributed by atoms with van der Waals surface area (Å²) in [6, 6.07) is 7.70. The van der Waals surface area contributed by atoms with Crippen LogP contribution in [0.15, 0.2) is 52.3 Å². The highest BCUT2D eigenvalue weighted by atomic mass is 35.5. The number of nitrogens with one attached hydrogen (secondary N) is 2. The Hall–Kier alpha value is -1.72. The van der Waals surface area contributed by atoms with Crippen LogP contribution >= 0.6 is 35.1 Å². The van der Waals surface area contributed by atoms with Gasteiger partial charge in [-0.15, -0.1) is 0 Å². The minimum absolute atomic E-state index is 0.0435. The Morgan fingerprint density at radius 3 is 1.85 bits per heavy atom. The first kappa shape index (κ1) is 21.6. The van der Waals surface area contributed by atoms with Crippen molar-refractivity contribution in [2.75, 3.05) is 10.6 Å². The molecule has 0 aromatic heterocycles. The van der Waals surface area contributed by atoms with Crippen LogP contribution in [0.25, 0.3) is 0 Å². The standard InChI is InChI=1S/C15H9ClF6N2OS2/c16-11-7-9(3-6-12(11)27-15(20,21)22)24-13(25)23-8-1-4-10(5-2-8)26-14(17,18)19/h1-7H,(H2,23,24,25). The highest BCUT2D eigenvalue weighted by molar-refractivity contribution is 8.00. The molecule has 0 atom stereocenters. The molecule has 0 spiro atoms. The summed E-state index contributed by atoms with van der Waals surface area (Å²) in [5, 5.41) is 4.56. The summed E-state index contributed by atoms with van der Waals surface area (Å²) in [5.41, 5.74) is -8.53. The van der Waals surface area contributed by atoms with Gasteiger partial charge < -0.3 is 10.6 Å². The zero-order valence-corrected chi connectivity index (χ0v) is 15.3. The Morgan fingerprint density at radius 2 is 1.33 bits per heavy atom. The first-order valence-corrected chi connectivity index (χ1v) is 8.91. The number of carbonyl (C=O) groups is 1. The molecule has 12 heteroatoms. The molecule has 0 saturated carbocycles. The number of carbonyl (C=O) groups excluding carboxylic acids is 1. The van der Waals surface area contributed by atoms with Crippen molar-refractivity contribution in [1.29, 1.82) is 0 Å². The van der Waals surface area contributed by atoms with Gasteiger partial charge in [0.2, 0.25) is 0 Å². The molecule has 0 heterocycles. The topological polar surface area (TPSA) is 41.1 Å². The van der Waals surface area contributed by atoms with Gasteiger partial charge in [-0.05, 0) is 66.0 Å². The molecule has 0 unspecified atom stereocenters. The molecule has 0 bridgehead atoms. The lowest BCUT2D eigenvalue weighted by Crippen LogP contribution is -2.19. The van der Waals surface area contributed by atoms with Gasteiger partial charge in [0.05, 0.1) is 5.02 Å². The van der Waals surface area contributed by atoms with E-state index >= 15 is 0 Å². The lowest BCUT2D eigenvalue weighted by Gasteiger charge is -2.11. The molecule has 0 saturated heterocycles. The number of rotatable bonds is 4. The van der Waals surface area contributed by atoms with E-state index in [9.17, 15) is 31.1 Å². The Balaban J connectivity index is 1.96. The second-order valence-corrected chi connectivity index (χ2v) is 7.50. The molecule has 2 amide bonds. The minimum atomic E-state index is -4.49. The Kier molecular flexibility index (Phi) is 6.82. The number of amides is 2. The van der Waals surface area contributed by atoms with Gasteiger partial charge in [-0.1, -0.05) is 11.6 Å². The van der Waals surface area contributed by atoms with E-state index in [4.69, 9.17) is 11.6 Å². The zero-order chi connectivity index (χ0) is 20.2. The average Bonchev–Trinajstić information content (AvgIpc) is 2.49. The van der Waals surface area contributed by atoms with Crippen LogP contribution in [-0.2, 0) is 0 Å². The lowest BCUT2D eigenvalue weighted by atomic mass is 10.3. The lowest BCUT2D eigenvalue weighted by molar-refractivity contribution is -0.0337. The number of alkyl halides is 6. The first-order valence-electron chi connectivity index (χ1n) is 6.90. The van der Waals surface area contributed by atoms with Crippen molar-refractivity contribution in [3.63, 3.8) is 0 Å². The van der Waals surface area contributed by atoms with Crippen LogP contribution in [-0.4, -0.2) is 17.0 Å². The fourth-order valence-corrected chi connectivity index (χ4v) is 3.20. The molecular formula is C15H9ClF6N2OS2. The molecule has 0 radical (unpaired) electrons. The van der Waals surface area contributed by atoms with Gasteiger partial charge in [0, 0.05) is 21.2 Å². The van der Waals surface area contributed by atoms with E-state index < -0.39 is 17.0 Å². The summed E-state index contributed by atoms with van der Waals surface area (Å²) in [6.45, 7) is 0. The molecule has 3 nitrogen and oxygen atoms in total. The van der Waals surface area contributed by atoms with Crippen LogP contribution in [0.1, 0.15) is 0 Å². The second-order valence-electron chi connectivity index (χ2n) is 4.84. The van der Waals surface area contributed by atoms with Crippen LogP contribution in [0, 0.1) is 0 Å². The number of hydrogen-bond donors (Lipinski definition) is 2. The van der Waals surface area contributed by atoms with Gasteiger partial charge in [-0.25, -0.2) is 4.79 Å². The van der Waals surface area contributed by atoms with Gasteiger partial charge in [0.1, 0.15) is 0 Å². The van der Waals surface area contributed by atoms with E-state index in [2.05, 4.69) is 10.6 Å². The summed E-state index contributed by atoms with van der Waals surface area (Å²) in [4.78, 5) is 11.6. The average molecular weight is 447 g/mol. The van der Waals surface area contributed by atoms with E-state index in [0.717, 1.165) is 12.1 Å². The van der Waals surface area contributed by atoms with Crippen molar-refractivity contribution >= 4 is 52.5 Å². The number of hydrogen-bond acceptors (Lipinski definition) is 3. The number of thioether (sulfide) groups is 2. The monoisotopic (exact) mass is 446 g/mol. The van der Waals surface area contributed by atoms with Crippen LogP contribution in [0.5, 0.6) is 0 Å². The Bertz CT molecular complexity index is 811. The third-order valence-corrected chi connectivity index (χ3v) is 4.73. The molecule has 0 aliphatic heterocycles. The van der Waals surface area contributed by atoms with Crippen molar-refractivity contribution in [2.45, 2.75) is 20.8 Å². The molecule has 27 heavy (non-hydrogen) atoms. The van der Waals surface area contributed by atoms with E-state index in [1.165, 1.54) is 30.3 Å². The van der Waals surface area contributed by atoms with Gasteiger partial charge in [0.15, 0.2) is 0 Å². The van der Waals surface area contributed by atoms with E-state index in [1.54, 1.807) is 0 Å². The highest BCUT2D eigenvalue weighted by Crippen LogP contribution is 2.41. The molecule has 0 aliphatic rings.